The van der Waals surface area contributed by atoms with Crippen molar-refractivity contribution in [2.24, 2.45) is 5.92 Å². The molecule has 0 aliphatic rings. The maximum atomic E-state index is 11.9. The summed E-state index contributed by atoms with van der Waals surface area (Å²) in [6.45, 7) is 8.21. The van der Waals surface area contributed by atoms with Crippen LogP contribution in [0.15, 0.2) is 22.7 Å². The van der Waals surface area contributed by atoms with Gasteiger partial charge in [-0.1, -0.05) is 35.8 Å². The molecule has 1 amide bonds. The predicted molar refractivity (Wildman–Crippen MR) is 70.6 cm³/mol. The minimum atomic E-state index is -0.0121. The van der Waals surface area contributed by atoms with E-state index < -0.39 is 0 Å². The van der Waals surface area contributed by atoms with E-state index in [4.69, 9.17) is 0 Å². The van der Waals surface area contributed by atoms with Crippen LogP contribution in [-0.2, 0) is 0 Å². The van der Waals surface area contributed by atoms with E-state index >= 15 is 0 Å². The van der Waals surface area contributed by atoms with Crippen molar-refractivity contribution in [1.29, 1.82) is 0 Å². The molecular weight excluding hydrogens is 266 g/mol. The average Bonchev–Trinajstić information content (AvgIpc) is 2.21. The van der Waals surface area contributed by atoms with Crippen LogP contribution in [0.25, 0.3) is 0 Å². The first-order chi connectivity index (χ1) is 7.41. The molecule has 1 aromatic rings. The fraction of sp³-hybridized carbons (Fsp3) is 0.462. The van der Waals surface area contributed by atoms with Crippen LogP contribution in [0.4, 0.5) is 0 Å². The van der Waals surface area contributed by atoms with Crippen molar-refractivity contribution < 1.29 is 4.79 Å². The van der Waals surface area contributed by atoms with Crippen molar-refractivity contribution in [3.8, 4) is 0 Å². The maximum absolute atomic E-state index is 11.9. The second kappa shape index (κ2) is 5.48. The number of rotatable bonds is 3. The van der Waals surface area contributed by atoms with E-state index in [1.165, 1.54) is 0 Å². The molecule has 1 rings (SSSR count). The summed E-state index contributed by atoms with van der Waals surface area (Å²) in [5.74, 6) is 0.430. The quantitative estimate of drug-likeness (QED) is 0.903. The van der Waals surface area contributed by atoms with Crippen LogP contribution in [0.2, 0.25) is 0 Å². The highest BCUT2D eigenvalue weighted by molar-refractivity contribution is 9.10. The van der Waals surface area contributed by atoms with Gasteiger partial charge in [-0.15, -0.1) is 0 Å². The van der Waals surface area contributed by atoms with Crippen LogP contribution in [0.1, 0.15) is 36.7 Å². The molecule has 3 heteroatoms. The topological polar surface area (TPSA) is 29.1 Å². The monoisotopic (exact) mass is 283 g/mol. The molecule has 1 atom stereocenters. The van der Waals surface area contributed by atoms with Gasteiger partial charge in [0.15, 0.2) is 0 Å². The van der Waals surface area contributed by atoms with Crippen molar-refractivity contribution in [2.75, 3.05) is 0 Å². The largest absolute Gasteiger partial charge is 0.349 e. The standard InChI is InChI=1S/C13H18BrNO/c1-8(2)10(4)15-13(16)11-6-5-9(3)12(14)7-11/h5-8,10H,1-4H3,(H,15,16). The van der Waals surface area contributed by atoms with Gasteiger partial charge in [0, 0.05) is 16.1 Å². The van der Waals surface area contributed by atoms with Crippen LogP contribution in [0.5, 0.6) is 0 Å². The lowest BCUT2D eigenvalue weighted by atomic mass is 10.1. The Labute approximate surface area is 106 Å². The lowest BCUT2D eigenvalue weighted by Crippen LogP contribution is -2.36. The maximum Gasteiger partial charge on any atom is 0.251 e. The van der Waals surface area contributed by atoms with Crippen LogP contribution >= 0.6 is 15.9 Å². The summed E-state index contributed by atoms with van der Waals surface area (Å²) in [5, 5.41) is 2.98. The van der Waals surface area contributed by atoms with Crippen LogP contribution in [-0.4, -0.2) is 11.9 Å². The first-order valence-corrected chi connectivity index (χ1v) is 6.28. The van der Waals surface area contributed by atoms with E-state index in [1.807, 2.05) is 32.0 Å². The minimum Gasteiger partial charge on any atom is -0.349 e. The molecular formula is C13H18BrNO. The van der Waals surface area contributed by atoms with E-state index in [0.717, 1.165) is 10.0 Å². The van der Waals surface area contributed by atoms with Crippen LogP contribution < -0.4 is 5.32 Å². The lowest BCUT2D eigenvalue weighted by Gasteiger charge is -2.17. The molecule has 0 spiro atoms. The van der Waals surface area contributed by atoms with Crippen molar-refractivity contribution in [3.05, 3.63) is 33.8 Å². The van der Waals surface area contributed by atoms with Gasteiger partial charge in [0.1, 0.15) is 0 Å². The number of carbonyl (C=O) groups is 1. The third-order valence-electron chi connectivity index (χ3n) is 2.79. The molecule has 0 aliphatic carbocycles. The molecule has 0 saturated carbocycles. The molecule has 0 saturated heterocycles. The Morgan fingerprint density at radius 1 is 1.31 bits per heavy atom. The van der Waals surface area contributed by atoms with Gasteiger partial charge in [0.25, 0.3) is 5.91 Å². The summed E-state index contributed by atoms with van der Waals surface area (Å²) in [6, 6.07) is 5.84. The molecule has 0 heterocycles. The van der Waals surface area contributed by atoms with Gasteiger partial charge in [-0.3, -0.25) is 4.79 Å². The Bertz CT molecular complexity index is 388. The fourth-order valence-corrected chi connectivity index (χ4v) is 1.57. The first kappa shape index (κ1) is 13.2. The van der Waals surface area contributed by atoms with Crippen molar-refractivity contribution in [3.63, 3.8) is 0 Å². The van der Waals surface area contributed by atoms with Gasteiger partial charge >= 0.3 is 0 Å². The Kier molecular flexibility index (Phi) is 4.54. The van der Waals surface area contributed by atoms with E-state index in [1.54, 1.807) is 0 Å². The third-order valence-corrected chi connectivity index (χ3v) is 3.65. The van der Waals surface area contributed by atoms with Crippen molar-refractivity contribution in [2.45, 2.75) is 33.7 Å². The van der Waals surface area contributed by atoms with Crippen LogP contribution in [0.3, 0.4) is 0 Å². The zero-order chi connectivity index (χ0) is 12.3. The number of halogens is 1. The number of aryl methyl sites for hydroxylation is 1. The number of amides is 1. The highest BCUT2D eigenvalue weighted by atomic mass is 79.9. The highest BCUT2D eigenvalue weighted by Gasteiger charge is 2.12. The number of hydrogen-bond acceptors (Lipinski definition) is 1. The van der Waals surface area contributed by atoms with Crippen molar-refractivity contribution >= 4 is 21.8 Å². The molecule has 0 fully saturated rings. The molecule has 1 N–H and O–H groups in total. The molecule has 0 radical (unpaired) electrons. The Morgan fingerprint density at radius 2 is 1.94 bits per heavy atom. The lowest BCUT2D eigenvalue weighted by molar-refractivity contribution is 0.0930. The van der Waals surface area contributed by atoms with Gasteiger partial charge < -0.3 is 5.32 Å². The predicted octanol–water partition coefficient (Wildman–Crippen LogP) is 3.53. The zero-order valence-electron chi connectivity index (χ0n) is 10.2. The number of nitrogens with one attached hydrogen (secondary N) is 1. The van der Waals surface area contributed by atoms with Crippen LogP contribution in [0, 0.1) is 12.8 Å². The molecule has 1 unspecified atom stereocenters. The fourth-order valence-electron chi connectivity index (χ4n) is 1.19. The molecule has 88 valence electrons. The Balaban J connectivity index is 2.77. The van der Waals surface area contributed by atoms with Crippen molar-refractivity contribution in [1.82, 2.24) is 5.32 Å². The normalized spacial score (nSPS) is 12.6. The summed E-state index contributed by atoms with van der Waals surface area (Å²) in [5.41, 5.74) is 1.83. The number of carbonyl (C=O) groups excluding carboxylic acids is 1. The van der Waals surface area contributed by atoms with E-state index in [9.17, 15) is 4.79 Å². The van der Waals surface area contributed by atoms with Gasteiger partial charge in [0.2, 0.25) is 0 Å². The van der Waals surface area contributed by atoms with E-state index in [2.05, 4.69) is 35.1 Å². The average molecular weight is 284 g/mol. The zero-order valence-corrected chi connectivity index (χ0v) is 11.8. The number of benzene rings is 1. The summed E-state index contributed by atoms with van der Waals surface area (Å²) < 4.78 is 0.970. The molecule has 0 aliphatic heterocycles. The van der Waals surface area contributed by atoms with E-state index in [0.29, 0.717) is 11.5 Å². The molecule has 2 nitrogen and oxygen atoms in total. The third kappa shape index (κ3) is 3.34. The minimum absolute atomic E-state index is 0.0121. The summed E-state index contributed by atoms with van der Waals surface area (Å²) in [4.78, 5) is 11.9. The highest BCUT2D eigenvalue weighted by Crippen LogP contribution is 2.17. The van der Waals surface area contributed by atoms with Gasteiger partial charge in [-0.2, -0.15) is 0 Å². The number of hydrogen-bond donors (Lipinski definition) is 1. The van der Waals surface area contributed by atoms with Gasteiger partial charge in [0.05, 0.1) is 0 Å². The van der Waals surface area contributed by atoms with Gasteiger partial charge in [-0.05, 0) is 37.5 Å². The molecule has 16 heavy (non-hydrogen) atoms. The van der Waals surface area contributed by atoms with Gasteiger partial charge in [-0.25, -0.2) is 0 Å². The summed E-state index contributed by atoms with van der Waals surface area (Å²) in [6.07, 6.45) is 0. The molecule has 0 bridgehead atoms. The summed E-state index contributed by atoms with van der Waals surface area (Å²) >= 11 is 3.43. The Hall–Kier alpha value is -0.830. The van der Waals surface area contributed by atoms with E-state index in [-0.39, 0.29) is 11.9 Å². The summed E-state index contributed by atoms with van der Waals surface area (Å²) in [7, 11) is 0. The first-order valence-electron chi connectivity index (χ1n) is 5.49. The second-order valence-electron chi connectivity index (χ2n) is 4.47. The molecule has 0 aromatic heterocycles. The smallest absolute Gasteiger partial charge is 0.251 e. The SMILES string of the molecule is Cc1ccc(C(=O)NC(C)C(C)C)cc1Br. The second-order valence-corrected chi connectivity index (χ2v) is 5.32. The molecule has 1 aromatic carbocycles. The Morgan fingerprint density at radius 3 is 2.44 bits per heavy atom.